The van der Waals surface area contributed by atoms with Crippen molar-refractivity contribution in [2.24, 2.45) is 0 Å². The Morgan fingerprint density at radius 1 is 0.867 bits per heavy atom. The second-order valence-corrected chi connectivity index (χ2v) is 4.12. The van der Waals surface area contributed by atoms with Gasteiger partial charge in [0.05, 0.1) is 5.02 Å². The van der Waals surface area contributed by atoms with Gasteiger partial charge in [-0.3, -0.25) is 0 Å². The Morgan fingerprint density at radius 3 is 2.53 bits per heavy atom. The van der Waals surface area contributed by atoms with Gasteiger partial charge in [-0.15, -0.1) is 0 Å². The number of hydrogen-bond donors (Lipinski definition) is 0. The molecule has 0 aliphatic rings. The van der Waals surface area contributed by atoms with Crippen LogP contribution in [-0.4, -0.2) is 0 Å². The van der Waals surface area contributed by atoms with Crippen molar-refractivity contribution >= 4 is 45.1 Å². The monoisotopic (exact) mass is 236 g/mol. The first kappa shape index (κ1) is 9.08. The van der Waals surface area contributed by atoms with Gasteiger partial charge in [0.2, 0.25) is 0 Å². The molecule has 0 N–H and O–H groups in total. The van der Waals surface area contributed by atoms with Crippen LogP contribution in [0.3, 0.4) is 0 Å². The van der Waals surface area contributed by atoms with Crippen LogP contribution in [0.5, 0.6) is 0 Å². The molecule has 0 aliphatic carbocycles. The van der Waals surface area contributed by atoms with Crippen LogP contribution >= 0.6 is 23.2 Å². The molecule has 15 heavy (non-hydrogen) atoms. The van der Waals surface area contributed by atoms with E-state index in [9.17, 15) is 0 Å². The minimum absolute atomic E-state index is 0.477. The third kappa shape index (κ3) is 1.24. The van der Waals surface area contributed by atoms with Gasteiger partial charge in [0.1, 0.15) is 10.6 Å². The first-order valence-electron chi connectivity index (χ1n) is 4.52. The van der Waals surface area contributed by atoms with Crippen LogP contribution in [0, 0.1) is 0 Å². The zero-order chi connectivity index (χ0) is 10.4. The molecular weight excluding hydrogens is 231 g/mol. The van der Waals surface area contributed by atoms with Crippen LogP contribution in [-0.2, 0) is 0 Å². The van der Waals surface area contributed by atoms with Gasteiger partial charge < -0.3 is 4.42 Å². The van der Waals surface area contributed by atoms with E-state index >= 15 is 0 Å². The summed E-state index contributed by atoms with van der Waals surface area (Å²) in [5, 5.41) is 3.06. The van der Waals surface area contributed by atoms with E-state index in [1.165, 1.54) is 0 Å². The smallest absolute Gasteiger partial charge is 0.155 e. The van der Waals surface area contributed by atoms with Crippen molar-refractivity contribution in [3.8, 4) is 0 Å². The van der Waals surface area contributed by atoms with Crippen LogP contribution in [0.2, 0.25) is 10.0 Å². The lowest BCUT2D eigenvalue weighted by atomic mass is 10.1. The van der Waals surface area contributed by atoms with E-state index in [4.69, 9.17) is 27.6 Å². The third-order valence-corrected chi connectivity index (χ3v) is 3.23. The molecule has 1 aromatic heterocycles. The van der Waals surface area contributed by atoms with Crippen LogP contribution in [0.25, 0.3) is 21.9 Å². The number of rotatable bonds is 0. The summed E-state index contributed by atoms with van der Waals surface area (Å²) >= 11 is 12.0. The lowest BCUT2D eigenvalue weighted by Crippen LogP contribution is -1.69. The van der Waals surface area contributed by atoms with Gasteiger partial charge in [0, 0.05) is 10.8 Å². The molecule has 0 spiro atoms. The van der Waals surface area contributed by atoms with Gasteiger partial charge in [-0.05, 0) is 18.2 Å². The van der Waals surface area contributed by atoms with E-state index in [2.05, 4.69) is 0 Å². The summed E-state index contributed by atoms with van der Waals surface area (Å²) in [5.41, 5.74) is 1.49. The molecule has 0 fully saturated rings. The van der Waals surface area contributed by atoms with Crippen molar-refractivity contribution in [2.45, 2.75) is 0 Å². The fourth-order valence-corrected chi connectivity index (χ4v) is 2.08. The van der Waals surface area contributed by atoms with E-state index in [0.717, 1.165) is 16.4 Å². The summed E-state index contributed by atoms with van der Waals surface area (Å²) in [5.74, 6) is 0. The van der Waals surface area contributed by atoms with E-state index in [-0.39, 0.29) is 0 Å². The van der Waals surface area contributed by atoms with Crippen molar-refractivity contribution in [2.75, 3.05) is 0 Å². The first-order chi connectivity index (χ1) is 7.27. The summed E-state index contributed by atoms with van der Waals surface area (Å²) in [6, 6.07) is 11.5. The molecule has 0 bridgehead atoms. The Morgan fingerprint density at radius 2 is 1.67 bits per heavy atom. The lowest BCUT2D eigenvalue weighted by molar-refractivity contribution is 0.669. The molecule has 0 amide bonds. The normalized spacial score (nSPS) is 11.3. The van der Waals surface area contributed by atoms with Crippen LogP contribution in [0.4, 0.5) is 0 Å². The number of para-hydroxylation sites is 1. The molecule has 1 nitrogen and oxygen atoms in total. The molecule has 3 rings (SSSR count). The molecule has 0 unspecified atom stereocenters. The van der Waals surface area contributed by atoms with Gasteiger partial charge >= 0.3 is 0 Å². The van der Waals surface area contributed by atoms with Gasteiger partial charge in [0.25, 0.3) is 0 Å². The summed E-state index contributed by atoms with van der Waals surface area (Å²) in [6.45, 7) is 0. The summed E-state index contributed by atoms with van der Waals surface area (Å²) in [7, 11) is 0. The van der Waals surface area contributed by atoms with E-state index in [1.807, 2.05) is 30.3 Å². The number of hydrogen-bond acceptors (Lipinski definition) is 1. The summed E-state index contributed by atoms with van der Waals surface area (Å²) in [4.78, 5) is 0. The highest BCUT2D eigenvalue weighted by Crippen LogP contribution is 2.36. The van der Waals surface area contributed by atoms with Crippen molar-refractivity contribution < 1.29 is 4.42 Å². The minimum Gasteiger partial charge on any atom is -0.454 e. The molecule has 0 aliphatic heterocycles. The molecule has 0 saturated carbocycles. The number of furan rings is 1. The fraction of sp³-hybridized carbons (Fsp3) is 0. The lowest BCUT2D eigenvalue weighted by Gasteiger charge is -1.94. The number of halogens is 2. The summed E-state index contributed by atoms with van der Waals surface area (Å²) < 4.78 is 5.65. The quantitative estimate of drug-likeness (QED) is 0.542. The molecule has 0 saturated heterocycles. The second kappa shape index (κ2) is 3.16. The summed E-state index contributed by atoms with van der Waals surface area (Å²) in [6.07, 6.45) is 0. The zero-order valence-corrected chi connectivity index (χ0v) is 9.14. The molecule has 74 valence electrons. The van der Waals surface area contributed by atoms with Crippen LogP contribution in [0.15, 0.2) is 40.8 Å². The Labute approximate surface area is 96.2 Å². The Hall–Kier alpha value is -1.18. The Kier molecular flexibility index (Phi) is 1.91. The highest BCUT2D eigenvalue weighted by Gasteiger charge is 2.11. The predicted octanol–water partition coefficient (Wildman–Crippen LogP) is 4.89. The maximum Gasteiger partial charge on any atom is 0.155 e. The van der Waals surface area contributed by atoms with Gasteiger partial charge in [-0.25, -0.2) is 0 Å². The van der Waals surface area contributed by atoms with E-state index in [0.29, 0.717) is 15.6 Å². The number of fused-ring (bicyclic) bond motifs is 3. The molecule has 0 atom stereocenters. The average Bonchev–Trinajstić information content (AvgIpc) is 2.63. The SMILES string of the molecule is Clc1ccc2c(oc3ccccc32)c1Cl. The minimum atomic E-state index is 0.477. The Balaban J connectivity index is 2.60. The maximum absolute atomic E-state index is 6.07. The maximum atomic E-state index is 6.07. The van der Waals surface area contributed by atoms with Gasteiger partial charge in [-0.2, -0.15) is 0 Å². The highest BCUT2D eigenvalue weighted by molar-refractivity contribution is 6.45. The molecule has 3 heteroatoms. The Bertz CT molecular complexity index is 655. The topological polar surface area (TPSA) is 13.1 Å². The zero-order valence-electron chi connectivity index (χ0n) is 7.63. The van der Waals surface area contributed by atoms with E-state index in [1.54, 1.807) is 6.07 Å². The molecule has 2 aromatic carbocycles. The van der Waals surface area contributed by atoms with E-state index < -0.39 is 0 Å². The van der Waals surface area contributed by atoms with Gasteiger partial charge in [0.15, 0.2) is 5.58 Å². The molecule has 0 radical (unpaired) electrons. The molecule has 3 aromatic rings. The average molecular weight is 237 g/mol. The van der Waals surface area contributed by atoms with Crippen molar-refractivity contribution in [3.63, 3.8) is 0 Å². The molecular formula is C12H6Cl2O. The van der Waals surface area contributed by atoms with Crippen molar-refractivity contribution in [1.82, 2.24) is 0 Å². The van der Waals surface area contributed by atoms with Gasteiger partial charge in [-0.1, -0.05) is 41.4 Å². The van der Waals surface area contributed by atoms with Crippen LogP contribution < -0.4 is 0 Å². The second-order valence-electron chi connectivity index (χ2n) is 3.34. The fourth-order valence-electron chi connectivity index (χ4n) is 1.73. The van der Waals surface area contributed by atoms with Crippen molar-refractivity contribution in [1.29, 1.82) is 0 Å². The molecule has 1 heterocycles. The highest BCUT2D eigenvalue weighted by atomic mass is 35.5. The largest absolute Gasteiger partial charge is 0.454 e. The van der Waals surface area contributed by atoms with Crippen LogP contribution in [0.1, 0.15) is 0 Å². The predicted molar refractivity (Wildman–Crippen MR) is 63.7 cm³/mol. The third-order valence-electron chi connectivity index (χ3n) is 2.44. The number of benzene rings is 2. The van der Waals surface area contributed by atoms with Crippen molar-refractivity contribution in [3.05, 3.63) is 46.4 Å². The first-order valence-corrected chi connectivity index (χ1v) is 5.28. The standard InChI is InChI=1S/C12H6Cl2O/c13-9-6-5-8-7-3-1-2-4-10(7)15-12(8)11(9)14/h1-6H.